The monoisotopic (exact) mass is 1350 g/mol. The summed E-state index contributed by atoms with van der Waals surface area (Å²) in [5.41, 5.74) is 0.576. The fraction of sp³-hybridized carbons (Fsp3) is 0.479. The molecular weight excluding hydrogens is 1270 g/mol. The van der Waals surface area contributed by atoms with Crippen LogP contribution >= 0.6 is 0 Å². The molecule has 5 aromatic rings. The standard InChI is InChI=1S/C73H89F3N10O12/c1-43-36-83(54(38-82-29-32-96-41-44(82)2)39-84(43)70(94)98-72(7,8)9)40-60(87)86-42-73(10,56-26-17-47(34-59(56)86)33-46-15-21-51(74)22-16-46)68(92)78-52-23-18-49(19-24-52)65(89)77-53-25-20-50-37-85(63(55(50)35-53)66(90)80-62-57(75)13-12-14-58(62)76)67(91)61(48-27-30-95-31-28-48)79-64(88)45(3)81(11)69(93)97-71(4,5)6/h12-26,34-35,43-45,48,54,61,63H,27-33,36-42H2,1-11H3,(H,77,89)(H,78,92)(H,79,88)(H,80,90)/t43-,44-,45+,54+,61+,63+,73?/m1/s1. The number of nitrogens with zero attached hydrogens (tertiary/aromatic N) is 6. The van der Waals surface area contributed by atoms with Crippen LogP contribution in [0.5, 0.6) is 0 Å². The van der Waals surface area contributed by atoms with E-state index in [1.165, 1.54) is 49.2 Å². The number of benzene rings is 5. The number of halogens is 3. The molecule has 1 unspecified atom stereocenters. The van der Waals surface area contributed by atoms with Crippen molar-refractivity contribution in [2.24, 2.45) is 5.92 Å². The second-order valence-corrected chi connectivity index (χ2v) is 28.5. The predicted molar refractivity (Wildman–Crippen MR) is 362 cm³/mol. The van der Waals surface area contributed by atoms with E-state index in [1.54, 1.807) is 73.9 Å². The van der Waals surface area contributed by atoms with Gasteiger partial charge in [-0.15, -0.1) is 0 Å². The number of fused-ring (bicyclic) bond motifs is 2. The first-order valence-electron chi connectivity index (χ1n) is 33.3. The highest BCUT2D eigenvalue weighted by Crippen LogP contribution is 2.44. The first-order chi connectivity index (χ1) is 46.3. The molecule has 5 aliphatic heterocycles. The molecule has 5 aliphatic rings. The smallest absolute Gasteiger partial charge is 0.410 e. The van der Waals surface area contributed by atoms with Crippen LogP contribution in [0.1, 0.15) is 126 Å². The zero-order valence-electron chi connectivity index (χ0n) is 57.5. The molecule has 0 saturated carbocycles. The molecule has 524 valence electrons. The number of hydrogen-bond donors (Lipinski definition) is 4. The molecule has 0 radical (unpaired) electrons. The molecule has 7 atom stereocenters. The van der Waals surface area contributed by atoms with Crippen LogP contribution in [-0.4, -0.2) is 186 Å². The van der Waals surface area contributed by atoms with Crippen LogP contribution in [0.2, 0.25) is 0 Å². The summed E-state index contributed by atoms with van der Waals surface area (Å²) in [6, 6.07) is 21.4. The topological polar surface area (TPSA) is 241 Å². The molecule has 3 saturated heterocycles. The minimum atomic E-state index is -1.54. The maximum Gasteiger partial charge on any atom is 0.410 e. The normalized spacial score (nSPS) is 21.3. The third-order valence-corrected chi connectivity index (χ3v) is 18.9. The van der Waals surface area contributed by atoms with Gasteiger partial charge in [-0.3, -0.25) is 43.5 Å². The van der Waals surface area contributed by atoms with Crippen molar-refractivity contribution in [3.8, 4) is 0 Å². The van der Waals surface area contributed by atoms with Crippen LogP contribution in [0.4, 0.5) is 45.5 Å². The molecule has 0 aliphatic carbocycles. The van der Waals surface area contributed by atoms with Gasteiger partial charge >= 0.3 is 12.2 Å². The van der Waals surface area contributed by atoms with Crippen molar-refractivity contribution in [1.82, 2.24) is 29.8 Å². The van der Waals surface area contributed by atoms with Gasteiger partial charge in [0.15, 0.2) is 0 Å². The Bertz CT molecular complexity index is 3800. The quantitative estimate of drug-likeness (QED) is 0.0678. The molecule has 0 spiro atoms. The van der Waals surface area contributed by atoms with Gasteiger partial charge < -0.3 is 54.9 Å². The van der Waals surface area contributed by atoms with Crippen LogP contribution in [0, 0.1) is 23.4 Å². The fourth-order valence-electron chi connectivity index (χ4n) is 13.3. The van der Waals surface area contributed by atoms with E-state index in [2.05, 4.69) is 38.0 Å². The zero-order chi connectivity index (χ0) is 70.7. The average Bonchev–Trinajstić information content (AvgIpc) is 1.59. The summed E-state index contributed by atoms with van der Waals surface area (Å²) in [6.07, 6.45) is -0.0765. The molecule has 4 N–H and O–H groups in total. The summed E-state index contributed by atoms with van der Waals surface area (Å²) in [6.45, 7) is 21.2. The molecule has 25 heteroatoms. The summed E-state index contributed by atoms with van der Waals surface area (Å²) in [5, 5.41) is 11.1. The lowest BCUT2D eigenvalue weighted by molar-refractivity contribution is -0.144. The highest BCUT2D eigenvalue weighted by atomic mass is 19.1. The number of nitrogens with one attached hydrogen (secondary N) is 4. The maximum atomic E-state index is 15.2. The molecule has 5 aromatic carbocycles. The Morgan fingerprint density at radius 3 is 2.05 bits per heavy atom. The van der Waals surface area contributed by atoms with Crippen molar-refractivity contribution in [2.75, 3.05) is 93.6 Å². The van der Waals surface area contributed by atoms with Crippen LogP contribution in [0.3, 0.4) is 0 Å². The fourth-order valence-corrected chi connectivity index (χ4v) is 13.3. The van der Waals surface area contributed by atoms with Crippen molar-refractivity contribution >= 4 is 70.4 Å². The Morgan fingerprint density at radius 2 is 1.39 bits per heavy atom. The van der Waals surface area contributed by atoms with Crippen LogP contribution < -0.4 is 26.2 Å². The minimum Gasteiger partial charge on any atom is -0.444 e. The Morgan fingerprint density at radius 1 is 0.724 bits per heavy atom. The van der Waals surface area contributed by atoms with Gasteiger partial charge in [0.1, 0.15) is 52.5 Å². The van der Waals surface area contributed by atoms with Gasteiger partial charge in [0.25, 0.3) is 11.8 Å². The van der Waals surface area contributed by atoms with E-state index in [4.69, 9.17) is 18.9 Å². The third-order valence-electron chi connectivity index (χ3n) is 18.9. The molecule has 3 fully saturated rings. The molecule has 22 nitrogen and oxygen atoms in total. The van der Waals surface area contributed by atoms with E-state index < -0.39 is 99.7 Å². The highest BCUT2D eigenvalue weighted by Gasteiger charge is 2.49. The predicted octanol–water partition coefficient (Wildman–Crippen LogP) is 9.41. The number of hydrogen-bond acceptors (Lipinski definition) is 14. The average molecular weight is 1360 g/mol. The SMILES string of the molecule is C[C@@H]1COCCN1C[C@H]1CN(C(=O)OC(C)(C)C)[C@H](C)CN1CC(=O)N1CC(C)(C(=O)Nc2ccc(C(=O)Nc3ccc4c(c3)[C@@H](C(=O)Nc3c(F)cccc3F)N(C(=O)[C@@H](NC(=O)[C@H](C)N(C)C(=O)OC(C)(C)C)C3CCOCC3)C4)cc2)c2ccc(Cc3ccc(F)cc3)cc21. The van der Waals surface area contributed by atoms with Crippen molar-refractivity contribution < 1.29 is 70.5 Å². The van der Waals surface area contributed by atoms with Gasteiger partial charge in [0.2, 0.25) is 23.6 Å². The second-order valence-electron chi connectivity index (χ2n) is 28.5. The summed E-state index contributed by atoms with van der Waals surface area (Å²) >= 11 is 0. The number of carbonyl (C=O) groups excluding carboxylic acids is 8. The van der Waals surface area contributed by atoms with E-state index >= 15 is 18.4 Å². The number of para-hydroxylation sites is 1. The summed E-state index contributed by atoms with van der Waals surface area (Å²) in [4.78, 5) is 125. The molecule has 10 rings (SSSR count). The van der Waals surface area contributed by atoms with E-state index in [1.807, 2.05) is 45.9 Å². The Labute approximate surface area is 569 Å². The summed E-state index contributed by atoms with van der Waals surface area (Å²) < 4.78 is 67.2. The van der Waals surface area contributed by atoms with E-state index in [0.717, 1.165) is 34.2 Å². The second kappa shape index (κ2) is 29.7. The lowest BCUT2D eigenvalue weighted by Crippen LogP contribution is -2.64. The van der Waals surface area contributed by atoms with E-state index in [0.29, 0.717) is 81.2 Å². The number of piperazine rings is 1. The van der Waals surface area contributed by atoms with Gasteiger partial charge in [-0.2, -0.15) is 0 Å². The lowest BCUT2D eigenvalue weighted by atomic mass is 9.83. The molecule has 0 bridgehead atoms. The van der Waals surface area contributed by atoms with Crippen LogP contribution in [0.15, 0.2) is 103 Å². The summed E-state index contributed by atoms with van der Waals surface area (Å²) in [7, 11) is 1.40. The minimum absolute atomic E-state index is 0.0220. The number of carbonyl (C=O) groups is 8. The van der Waals surface area contributed by atoms with Gasteiger partial charge in [-0.05, 0) is 189 Å². The number of likely N-dealkylation sites (N-methyl/N-ethyl adjacent to an activating group) is 1. The van der Waals surface area contributed by atoms with Crippen LogP contribution in [0.25, 0.3) is 0 Å². The lowest BCUT2D eigenvalue weighted by Gasteiger charge is -2.47. The Balaban J connectivity index is 0.872. The summed E-state index contributed by atoms with van der Waals surface area (Å²) in [5.74, 6) is -6.63. The molecule has 8 amide bonds. The third kappa shape index (κ3) is 16.6. The van der Waals surface area contributed by atoms with Crippen molar-refractivity contribution in [1.29, 1.82) is 0 Å². The van der Waals surface area contributed by atoms with Gasteiger partial charge in [-0.1, -0.05) is 36.4 Å². The van der Waals surface area contributed by atoms with E-state index in [9.17, 15) is 33.2 Å². The number of anilines is 4. The molecule has 98 heavy (non-hydrogen) atoms. The number of ether oxygens (including phenoxy) is 4. The van der Waals surface area contributed by atoms with Crippen molar-refractivity contribution in [2.45, 2.75) is 148 Å². The largest absolute Gasteiger partial charge is 0.444 e. The first-order valence-corrected chi connectivity index (χ1v) is 33.3. The molecule has 5 heterocycles. The number of amides is 8. The molecular formula is C73H89F3N10O12. The van der Waals surface area contributed by atoms with Crippen molar-refractivity contribution in [3.05, 3.63) is 154 Å². The van der Waals surface area contributed by atoms with Gasteiger partial charge in [0.05, 0.1) is 25.2 Å². The van der Waals surface area contributed by atoms with Gasteiger partial charge in [-0.25, -0.2) is 22.8 Å². The highest BCUT2D eigenvalue weighted by molar-refractivity contribution is 6.08. The molecule has 0 aromatic heterocycles. The Kier molecular flexibility index (Phi) is 21.7. The maximum absolute atomic E-state index is 15.2. The zero-order valence-corrected chi connectivity index (χ0v) is 57.5. The van der Waals surface area contributed by atoms with Crippen molar-refractivity contribution in [3.63, 3.8) is 0 Å². The number of rotatable bonds is 17. The van der Waals surface area contributed by atoms with Gasteiger partial charge in [0, 0.05) is 100 Å². The van der Waals surface area contributed by atoms with Crippen LogP contribution in [-0.2, 0) is 61.3 Å². The Hall–Kier alpha value is -8.91. The number of morpholine rings is 1. The van der Waals surface area contributed by atoms with E-state index in [-0.39, 0.29) is 79.5 Å². The first kappa shape index (κ1) is 71.9.